The maximum Gasteiger partial charge on any atom is 0.123 e. The van der Waals surface area contributed by atoms with Crippen molar-refractivity contribution in [2.75, 3.05) is 6.54 Å². The van der Waals surface area contributed by atoms with Gasteiger partial charge in [-0.1, -0.05) is 6.07 Å². The number of aryl methyl sites for hydroxylation is 1. The fraction of sp³-hybridized carbons (Fsp3) is 0.538. The van der Waals surface area contributed by atoms with E-state index < -0.39 is 5.60 Å². The van der Waals surface area contributed by atoms with Crippen LogP contribution < -0.4 is 5.32 Å². The first kappa shape index (κ1) is 11.6. The number of nitrogens with one attached hydrogen (secondary N) is 1. The van der Waals surface area contributed by atoms with Gasteiger partial charge in [-0.25, -0.2) is 4.39 Å². The number of hydrogen-bond acceptors (Lipinski definition) is 2. The minimum Gasteiger partial charge on any atom is -0.389 e. The molecule has 0 amide bonds. The van der Waals surface area contributed by atoms with Crippen molar-refractivity contribution in [3.8, 4) is 0 Å². The van der Waals surface area contributed by atoms with Gasteiger partial charge in [-0.2, -0.15) is 0 Å². The minimum atomic E-state index is -0.492. The second-order valence-electron chi connectivity index (χ2n) is 4.75. The number of aliphatic hydroxyl groups is 1. The monoisotopic (exact) mass is 223 g/mol. The fourth-order valence-corrected chi connectivity index (χ4v) is 2.05. The molecule has 16 heavy (non-hydrogen) atoms. The topological polar surface area (TPSA) is 32.3 Å². The quantitative estimate of drug-likeness (QED) is 0.819. The average Bonchev–Trinajstić information content (AvgIpc) is 2.19. The zero-order valence-electron chi connectivity index (χ0n) is 9.59. The van der Waals surface area contributed by atoms with E-state index >= 15 is 0 Å². The number of hydrogen-bond donors (Lipinski definition) is 2. The van der Waals surface area contributed by atoms with E-state index in [2.05, 4.69) is 5.32 Å². The Balaban J connectivity index is 1.85. The molecule has 0 radical (unpaired) electrons. The molecule has 0 heterocycles. The molecular weight excluding hydrogens is 205 g/mol. The third kappa shape index (κ3) is 2.60. The van der Waals surface area contributed by atoms with Crippen molar-refractivity contribution >= 4 is 0 Å². The summed E-state index contributed by atoms with van der Waals surface area (Å²) in [7, 11) is 0. The highest BCUT2D eigenvalue weighted by atomic mass is 19.1. The number of rotatable bonds is 4. The summed E-state index contributed by atoms with van der Waals surface area (Å²) >= 11 is 0. The van der Waals surface area contributed by atoms with E-state index in [0.29, 0.717) is 13.1 Å². The van der Waals surface area contributed by atoms with Gasteiger partial charge in [0, 0.05) is 13.1 Å². The highest BCUT2D eigenvalue weighted by Crippen LogP contribution is 2.30. The molecule has 0 saturated heterocycles. The van der Waals surface area contributed by atoms with Crippen LogP contribution in [0.25, 0.3) is 0 Å². The lowest BCUT2D eigenvalue weighted by Crippen LogP contribution is -2.46. The van der Waals surface area contributed by atoms with Crippen molar-refractivity contribution < 1.29 is 9.50 Å². The predicted octanol–water partition coefficient (Wildman–Crippen LogP) is 2.14. The molecule has 88 valence electrons. The molecule has 0 unspecified atom stereocenters. The van der Waals surface area contributed by atoms with Crippen molar-refractivity contribution in [1.82, 2.24) is 5.32 Å². The van der Waals surface area contributed by atoms with E-state index in [1.54, 1.807) is 6.07 Å². The van der Waals surface area contributed by atoms with Gasteiger partial charge in [-0.05, 0) is 49.4 Å². The fourth-order valence-electron chi connectivity index (χ4n) is 2.05. The molecule has 0 spiro atoms. The largest absolute Gasteiger partial charge is 0.389 e. The molecule has 0 bridgehead atoms. The summed E-state index contributed by atoms with van der Waals surface area (Å²) in [6.07, 6.45) is 2.90. The van der Waals surface area contributed by atoms with Crippen LogP contribution in [0.3, 0.4) is 0 Å². The lowest BCUT2D eigenvalue weighted by atomic mass is 9.80. The van der Waals surface area contributed by atoms with Crippen LogP contribution in [0.5, 0.6) is 0 Å². The summed E-state index contributed by atoms with van der Waals surface area (Å²) in [5.41, 5.74) is 1.55. The summed E-state index contributed by atoms with van der Waals surface area (Å²) in [4.78, 5) is 0. The maximum absolute atomic E-state index is 12.9. The molecule has 1 aliphatic carbocycles. The lowest BCUT2D eigenvalue weighted by molar-refractivity contribution is -0.0314. The molecule has 1 aromatic carbocycles. The maximum atomic E-state index is 12.9. The van der Waals surface area contributed by atoms with Gasteiger partial charge >= 0.3 is 0 Å². The lowest BCUT2D eigenvalue weighted by Gasteiger charge is -2.36. The molecule has 1 saturated carbocycles. The Morgan fingerprint density at radius 1 is 1.44 bits per heavy atom. The average molecular weight is 223 g/mol. The van der Waals surface area contributed by atoms with Gasteiger partial charge in [0.25, 0.3) is 0 Å². The molecule has 0 aliphatic heterocycles. The molecule has 0 aromatic heterocycles. The van der Waals surface area contributed by atoms with E-state index in [9.17, 15) is 9.50 Å². The van der Waals surface area contributed by atoms with Crippen molar-refractivity contribution in [2.24, 2.45) is 0 Å². The molecule has 0 atom stereocenters. The van der Waals surface area contributed by atoms with E-state index in [-0.39, 0.29) is 5.82 Å². The summed E-state index contributed by atoms with van der Waals surface area (Å²) in [5.74, 6) is -0.195. The Bertz CT molecular complexity index is 374. The van der Waals surface area contributed by atoms with E-state index in [1.807, 2.05) is 6.92 Å². The smallest absolute Gasteiger partial charge is 0.123 e. The summed E-state index contributed by atoms with van der Waals surface area (Å²) in [6.45, 7) is 3.22. The van der Waals surface area contributed by atoms with Gasteiger partial charge in [0.2, 0.25) is 0 Å². The van der Waals surface area contributed by atoms with E-state index in [0.717, 1.165) is 30.4 Å². The number of halogens is 1. The van der Waals surface area contributed by atoms with Gasteiger partial charge in [0.1, 0.15) is 5.82 Å². The summed E-state index contributed by atoms with van der Waals surface area (Å²) in [5, 5.41) is 13.1. The van der Waals surface area contributed by atoms with Crippen LogP contribution in [0.15, 0.2) is 18.2 Å². The van der Waals surface area contributed by atoms with Gasteiger partial charge in [0.05, 0.1) is 5.60 Å². The first-order valence-corrected chi connectivity index (χ1v) is 5.77. The molecule has 1 fully saturated rings. The van der Waals surface area contributed by atoms with Crippen LogP contribution in [0.2, 0.25) is 0 Å². The van der Waals surface area contributed by atoms with Crippen LogP contribution in [-0.4, -0.2) is 17.3 Å². The summed E-state index contributed by atoms with van der Waals surface area (Å²) < 4.78 is 12.9. The molecule has 2 rings (SSSR count). The first-order chi connectivity index (χ1) is 7.59. The Labute approximate surface area is 95.5 Å². The Kier molecular flexibility index (Phi) is 3.26. The molecule has 1 aromatic rings. The second-order valence-corrected chi connectivity index (χ2v) is 4.75. The molecule has 3 heteroatoms. The zero-order chi connectivity index (χ0) is 11.6. The van der Waals surface area contributed by atoms with Crippen LogP contribution in [0.4, 0.5) is 4.39 Å². The molecule has 2 N–H and O–H groups in total. The van der Waals surface area contributed by atoms with Gasteiger partial charge in [0.15, 0.2) is 0 Å². The molecule has 2 nitrogen and oxygen atoms in total. The third-order valence-corrected chi connectivity index (χ3v) is 3.36. The zero-order valence-corrected chi connectivity index (χ0v) is 9.59. The minimum absolute atomic E-state index is 0.195. The van der Waals surface area contributed by atoms with Crippen molar-refractivity contribution in [3.63, 3.8) is 0 Å². The highest BCUT2D eigenvalue weighted by molar-refractivity contribution is 5.26. The summed E-state index contributed by atoms with van der Waals surface area (Å²) in [6, 6.07) is 4.81. The Hall–Kier alpha value is -0.930. The van der Waals surface area contributed by atoms with Crippen molar-refractivity contribution in [2.45, 2.75) is 38.3 Å². The molecule has 1 aliphatic rings. The Morgan fingerprint density at radius 2 is 2.19 bits per heavy atom. The van der Waals surface area contributed by atoms with Crippen molar-refractivity contribution in [3.05, 3.63) is 35.1 Å². The third-order valence-electron chi connectivity index (χ3n) is 3.36. The van der Waals surface area contributed by atoms with E-state index in [4.69, 9.17) is 0 Å². The van der Waals surface area contributed by atoms with Gasteiger partial charge < -0.3 is 10.4 Å². The normalized spacial score (nSPS) is 18.2. The predicted molar refractivity (Wildman–Crippen MR) is 61.6 cm³/mol. The number of benzene rings is 1. The van der Waals surface area contributed by atoms with Crippen LogP contribution in [-0.2, 0) is 6.54 Å². The van der Waals surface area contributed by atoms with E-state index in [1.165, 1.54) is 12.1 Å². The van der Waals surface area contributed by atoms with Crippen LogP contribution in [0.1, 0.15) is 30.4 Å². The van der Waals surface area contributed by atoms with Crippen LogP contribution in [0, 0.1) is 12.7 Å². The van der Waals surface area contributed by atoms with Gasteiger partial charge in [-0.3, -0.25) is 0 Å². The van der Waals surface area contributed by atoms with Crippen molar-refractivity contribution in [1.29, 1.82) is 0 Å². The standard InChI is InChI=1S/C13H18FNO/c1-10-7-12(14)4-3-11(10)8-15-9-13(16)5-2-6-13/h3-4,7,15-16H,2,5-6,8-9H2,1H3. The molecular formula is C13H18FNO. The Morgan fingerprint density at radius 3 is 2.75 bits per heavy atom. The first-order valence-electron chi connectivity index (χ1n) is 5.77. The van der Waals surface area contributed by atoms with Gasteiger partial charge in [-0.15, -0.1) is 0 Å². The van der Waals surface area contributed by atoms with Crippen LogP contribution >= 0.6 is 0 Å². The SMILES string of the molecule is Cc1cc(F)ccc1CNCC1(O)CCC1. The highest BCUT2D eigenvalue weighted by Gasteiger charge is 2.33. The second kappa shape index (κ2) is 4.52.